The van der Waals surface area contributed by atoms with E-state index in [2.05, 4.69) is 5.32 Å². The lowest BCUT2D eigenvalue weighted by Crippen LogP contribution is -2.32. The number of likely N-dealkylation sites (tertiary alicyclic amines) is 1. The molecule has 1 aromatic carbocycles. The first-order chi connectivity index (χ1) is 9.10. The first-order valence-corrected chi connectivity index (χ1v) is 6.11. The van der Waals surface area contributed by atoms with Crippen LogP contribution in [0.2, 0.25) is 0 Å². The van der Waals surface area contributed by atoms with Crippen molar-refractivity contribution in [3.05, 3.63) is 24.3 Å². The molecule has 0 spiro atoms. The Morgan fingerprint density at radius 1 is 1.37 bits per heavy atom. The van der Waals surface area contributed by atoms with E-state index >= 15 is 0 Å². The fourth-order valence-electron chi connectivity index (χ4n) is 2.12. The third kappa shape index (κ3) is 3.44. The van der Waals surface area contributed by atoms with Crippen molar-refractivity contribution in [2.75, 3.05) is 32.1 Å². The van der Waals surface area contributed by atoms with Crippen molar-refractivity contribution in [3.8, 4) is 5.75 Å². The first kappa shape index (κ1) is 13.8. The second kappa shape index (κ2) is 6.01. The van der Waals surface area contributed by atoms with Crippen LogP contribution in [-0.2, 0) is 4.79 Å². The van der Waals surface area contributed by atoms with E-state index in [1.165, 1.54) is 7.11 Å². The Kier molecular flexibility index (Phi) is 4.36. The van der Waals surface area contributed by atoms with Crippen LogP contribution in [0.4, 0.5) is 5.69 Å². The van der Waals surface area contributed by atoms with Gasteiger partial charge in [-0.1, -0.05) is 12.1 Å². The first-order valence-electron chi connectivity index (χ1n) is 6.11. The molecule has 0 radical (unpaired) electrons. The fourth-order valence-corrected chi connectivity index (χ4v) is 2.12. The molecule has 2 atom stereocenters. The number of ether oxygens (including phenoxy) is 1. The van der Waals surface area contributed by atoms with E-state index in [0.717, 1.165) is 0 Å². The van der Waals surface area contributed by atoms with Crippen molar-refractivity contribution in [1.82, 2.24) is 4.90 Å². The molecule has 6 nitrogen and oxygen atoms in total. The van der Waals surface area contributed by atoms with Gasteiger partial charge in [-0.15, -0.1) is 0 Å². The second-order valence-electron chi connectivity index (χ2n) is 4.58. The van der Waals surface area contributed by atoms with Crippen LogP contribution in [0.5, 0.6) is 5.75 Å². The van der Waals surface area contributed by atoms with Crippen LogP contribution in [-0.4, -0.2) is 60.0 Å². The van der Waals surface area contributed by atoms with Crippen molar-refractivity contribution in [3.63, 3.8) is 0 Å². The van der Waals surface area contributed by atoms with Gasteiger partial charge in [0.05, 0.1) is 31.5 Å². The number of benzene rings is 1. The number of β-amino-alcohol motifs (C(OH)–C–C–N with tert-alkyl or cyclic N) is 2. The summed E-state index contributed by atoms with van der Waals surface area (Å²) in [6.07, 6.45) is -1.56. The smallest absolute Gasteiger partial charge is 0.238 e. The zero-order valence-corrected chi connectivity index (χ0v) is 10.7. The monoisotopic (exact) mass is 266 g/mol. The predicted octanol–water partition coefficient (Wildman–Crippen LogP) is -0.329. The van der Waals surface area contributed by atoms with Crippen molar-refractivity contribution >= 4 is 11.6 Å². The van der Waals surface area contributed by atoms with Gasteiger partial charge in [0.25, 0.3) is 0 Å². The van der Waals surface area contributed by atoms with E-state index in [-0.39, 0.29) is 12.5 Å². The maximum Gasteiger partial charge on any atom is 0.238 e. The van der Waals surface area contributed by atoms with E-state index in [4.69, 9.17) is 4.74 Å². The number of methoxy groups -OCH3 is 1. The van der Waals surface area contributed by atoms with Gasteiger partial charge in [-0.3, -0.25) is 9.69 Å². The van der Waals surface area contributed by atoms with Crippen LogP contribution in [0.1, 0.15) is 0 Å². The molecule has 1 aromatic rings. The number of amides is 1. The van der Waals surface area contributed by atoms with Crippen molar-refractivity contribution in [1.29, 1.82) is 0 Å². The fraction of sp³-hybridized carbons (Fsp3) is 0.462. The lowest BCUT2D eigenvalue weighted by atomic mass is 10.3. The third-order valence-electron chi connectivity index (χ3n) is 3.08. The molecule has 104 valence electrons. The molecule has 2 rings (SSSR count). The highest BCUT2D eigenvalue weighted by atomic mass is 16.5. The zero-order chi connectivity index (χ0) is 13.8. The highest BCUT2D eigenvalue weighted by Gasteiger charge is 2.30. The number of nitrogens with zero attached hydrogens (tertiary/aromatic N) is 1. The Balaban J connectivity index is 1.91. The number of carbonyl (C=O) groups is 1. The second-order valence-corrected chi connectivity index (χ2v) is 4.58. The minimum absolute atomic E-state index is 0.131. The molecule has 0 aliphatic carbocycles. The van der Waals surface area contributed by atoms with Gasteiger partial charge in [0.15, 0.2) is 0 Å². The highest BCUT2D eigenvalue weighted by Crippen LogP contribution is 2.23. The number of anilines is 1. The third-order valence-corrected chi connectivity index (χ3v) is 3.08. The van der Waals surface area contributed by atoms with Crippen LogP contribution in [0.25, 0.3) is 0 Å². The molecule has 0 bridgehead atoms. The van der Waals surface area contributed by atoms with Crippen molar-refractivity contribution in [2.45, 2.75) is 12.2 Å². The van der Waals surface area contributed by atoms with E-state index in [1.54, 1.807) is 17.0 Å². The summed E-state index contributed by atoms with van der Waals surface area (Å²) in [4.78, 5) is 13.6. The number of hydrogen-bond donors (Lipinski definition) is 3. The normalized spacial score (nSPS) is 23.3. The summed E-state index contributed by atoms with van der Waals surface area (Å²) in [6, 6.07) is 7.15. The Hall–Kier alpha value is -1.63. The topological polar surface area (TPSA) is 82.0 Å². The van der Waals surface area contributed by atoms with Crippen LogP contribution in [0, 0.1) is 0 Å². The number of aliphatic hydroxyl groups excluding tert-OH is 2. The zero-order valence-electron chi connectivity index (χ0n) is 10.7. The number of nitrogens with one attached hydrogen (secondary N) is 1. The van der Waals surface area contributed by atoms with E-state index in [1.807, 2.05) is 12.1 Å². The van der Waals surface area contributed by atoms with E-state index in [0.29, 0.717) is 24.5 Å². The number of hydrogen-bond acceptors (Lipinski definition) is 5. The van der Waals surface area contributed by atoms with Gasteiger partial charge in [-0.2, -0.15) is 0 Å². The SMILES string of the molecule is COc1ccccc1NC(=O)CN1CC(O)C(O)C1. The lowest BCUT2D eigenvalue weighted by Gasteiger charge is -2.15. The maximum absolute atomic E-state index is 11.9. The standard InChI is InChI=1S/C13H18N2O4/c1-19-12-5-3-2-4-9(12)14-13(18)8-15-6-10(16)11(17)7-15/h2-5,10-11,16-17H,6-8H2,1H3,(H,14,18). The molecule has 1 fully saturated rings. The average molecular weight is 266 g/mol. The molecule has 6 heteroatoms. The number of para-hydroxylation sites is 2. The van der Waals surface area contributed by atoms with Crippen LogP contribution < -0.4 is 10.1 Å². The Labute approximate surface area is 111 Å². The van der Waals surface area contributed by atoms with Crippen molar-refractivity contribution in [2.24, 2.45) is 0 Å². The van der Waals surface area contributed by atoms with Crippen molar-refractivity contribution < 1.29 is 19.7 Å². The molecule has 0 saturated carbocycles. The number of aliphatic hydroxyl groups is 2. The lowest BCUT2D eigenvalue weighted by molar-refractivity contribution is -0.117. The van der Waals surface area contributed by atoms with Gasteiger partial charge in [0.1, 0.15) is 5.75 Å². The van der Waals surface area contributed by atoms with Gasteiger partial charge in [0, 0.05) is 13.1 Å². The Morgan fingerprint density at radius 3 is 2.63 bits per heavy atom. The molecule has 1 aliphatic heterocycles. The summed E-state index contributed by atoms with van der Waals surface area (Å²) in [5.74, 6) is 0.392. The quantitative estimate of drug-likeness (QED) is 0.695. The molecule has 1 heterocycles. The molecule has 0 aromatic heterocycles. The molecule has 3 N–H and O–H groups in total. The summed E-state index contributed by atoms with van der Waals surface area (Å²) in [5.41, 5.74) is 0.607. The van der Waals surface area contributed by atoms with Gasteiger partial charge in [0.2, 0.25) is 5.91 Å². The average Bonchev–Trinajstić information content (AvgIpc) is 2.68. The van der Waals surface area contributed by atoms with Gasteiger partial charge in [-0.25, -0.2) is 0 Å². The van der Waals surface area contributed by atoms with Gasteiger partial charge >= 0.3 is 0 Å². The highest BCUT2D eigenvalue weighted by molar-refractivity contribution is 5.93. The minimum atomic E-state index is -0.779. The molecule has 1 saturated heterocycles. The minimum Gasteiger partial charge on any atom is -0.495 e. The van der Waals surface area contributed by atoms with Gasteiger partial charge in [-0.05, 0) is 12.1 Å². The van der Waals surface area contributed by atoms with Crippen LogP contribution in [0.3, 0.4) is 0 Å². The Morgan fingerprint density at radius 2 is 2.00 bits per heavy atom. The summed E-state index contributed by atoms with van der Waals surface area (Å²) in [6.45, 7) is 0.743. The van der Waals surface area contributed by atoms with Gasteiger partial charge < -0.3 is 20.3 Å². The van der Waals surface area contributed by atoms with E-state index in [9.17, 15) is 15.0 Å². The maximum atomic E-state index is 11.9. The molecule has 1 aliphatic rings. The molecular formula is C13H18N2O4. The molecule has 19 heavy (non-hydrogen) atoms. The largest absolute Gasteiger partial charge is 0.495 e. The Bertz CT molecular complexity index is 442. The van der Waals surface area contributed by atoms with Crippen LogP contribution in [0.15, 0.2) is 24.3 Å². The number of carbonyl (C=O) groups excluding carboxylic acids is 1. The number of rotatable bonds is 4. The summed E-state index contributed by atoms with van der Waals surface area (Å²) < 4.78 is 5.14. The summed E-state index contributed by atoms with van der Waals surface area (Å²) in [5, 5.41) is 21.6. The molecule has 1 amide bonds. The summed E-state index contributed by atoms with van der Waals surface area (Å²) >= 11 is 0. The molecular weight excluding hydrogens is 248 g/mol. The van der Waals surface area contributed by atoms with Crippen LogP contribution >= 0.6 is 0 Å². The predicted molar refractivity (Wildman–Crippen MR) is 70.1 cm³/mol. The van der Waals surface area contributed by atoms with E-state index < -0.39 is 12.2 Å². The summed E-state index contributed by atoms with van der Waals surface area (Å²) in [7, 11) is 1.54. The molecule has 2 unspecified atom stereocenters.